The van der Waals surface area contributed by atoms with Gasteiger partial charge < -0.3 is 9.47 Å². The van der Waals surface area contributed by atoms with Gasteiger partial charge in [0.15, 0.2) is 11.5 Å². The monoisotopic (exact) mass is 373 g/mol. The SMILES string of the molecule is COc1ccc(CCC(=O)NNC(=O)c2ccc([N+](=O)[O-])cc2)cc1OC. The molecule has 0 saturated heterocycles. The molecule has 2 N–H and O–H groups in total. The Labute approximate surface area is 155 Å². The number of aryl methyl sites for hydroxylation is 1. The molecule has 0 aliphatic carbocycles. The average Bonchev–Trinajstić information content (AvgIpc) is 2.70. The zero-order valence-corrected chi connectivity index (χ0v) is 14.9. The van der Waals surface area contributed by atoms with Gasteiger partial charge in [-0.3, -0.25) is 30.6 Å². The molecule has 2 rings (SSSR count). The largest absolute Gasteiger partial charge is 0.493 e. The molecule has 2 aromatic rings. The number of hydrogen-bond donors (Lipinski definition) is 2. The third-order valence-corrected chi connectivity index (χ3v) is 3.74. The molecule has 0 fully saturated rings. The van der Waals surface area contributed by atoms with Gasteiger partial charge in [-0.2, -0.15) is 0 Å². The average molecular weight is 373 g/mol. The van der Waals surface area contributed by atoms with Crippen molar-refractivity contribution < 1.29 is 24.0 Å². The fourth-order valence-corrected chi connectivity index (χ4v) is 2.29. The van der Waals surface area contributed by atoms with Gasteiger partial charge in [-0.25, -0.2) is 0 Å². The fourth-order valence-electron chi connectivity index (χ4n) is 2.29. The van der Waals surface area contributed by atoms with Gasteiger partial charge in [0.05, 0.1) is 19.1 Å². The minimum atomic E-state index is -0.565. The molecule has 2 aromatic carbocycles. The number of carbonyl (C=O) groups is 2. The first kappa shape index (κ1) is 19.7. The highest BCUT2D eigenvalue weighted by Gasteiger charge is 2.11. The van der Waals surface area contributed by atoms with Crippen LogP contribution in [0.4, 0.5) is 5.69 Å². The Hall–Kier alpha value is -3.62. The fraction of sp³-hybridized carbons (Fsp3) is 0.222. The van der Waals surface area contributed by atoms with E-state index >= 15 is 0 Å². The van der Waals surface area contributed by atoms with E-state index in [0.29, 0.717) is 17.9 Å². The summed E-state index contributed by atoms with van der Waals surface area (Å²) in [7, 11) is 3.07. The first-order chi connectivity index (χ1) is 12.9. The Morgan fingerprint density at radius 3 is 2.26 bits per heavy atom. The molecule has 0 saturated carbocycles. The highest BCUT2D eigenvalue weighted by Crippen LogP contribution is 2.27. The van der Waals surface area contributed by atoms with E-state index in [0.717, 1.165) is 5.56 Å². The predicted molar refractivity (Wildman–Crippen MR) is 96.6 cm³/mol. The first-order valence-electron chi connectivity index (χ1n) is 7.99. The van der Waals surface area contributed by atoms with Crippen LogP contribution in [-0.2, 0) is 11.2 Å². The Morgan fingerprint density at radius 2 is 1.67 bits per heavy atom. The summed E-state index contributed by atoms with van der Waals surface area (Å²) in [4.78, 5) is 33.9. The van der Waals surface area contributed by atoms with Crippen LogP contribution in [0, 0.1) is 10.1 Å². The molecule has 0 aliphatic heterocycles. The van der Waals surface area contributed by atoms with Crippen molar-refractivity contribution in [3.05, 3.63) is 63.7 Å². The molecule has 0 spiro atoms. The van der Waals surface area contributed by atoms with E-state index in [1.54, 1.807) is 19.2 Å². The van der Waals surface area contributed by atoms with Crippen molar-refractivity contribution >= 4 is 17.5 Å². The van der Waals surface area contributed by atoms with Gasteiger partial charge in [0.1, 0.15) is 0 Å². The second kappa shape index (κ2) is 9.18. The van der Waals surface area contributed by atoms with Crippen molar-refractivity contribution in [2.24, 2.45) is 0 Å². The quantitative estimate of drug-likeness (QED) is 0.566. The maximum absolute atomic E-state index is 11.9. The van der Waals surface area contributed by atoms with E-state index < -0.39 is 10.8 Å². The number of non-ortho nitro benzene ring substituents is 1. The summed E-state index contributed by atoms with van der Waals surface area (Å²) in [5.74, 6) is 0.229. The number of benzene rings is 2. The van der Waals surface area contributed by atoms with E-state index in [-0.39, 0.29) is 23.6 Å². The van der Waals surface area contributed by atoms with Crippen molar-refractivity contribution in [1.29, 1.82) is 0 Å². The molecule has 2 amide bonds. The number of methoxy groups -OCH3 is 2. The molecule has 0 aromatic heterocycles. The maximum atomic E-state index is 11.9. The highest BCUT2D eigenvalue weighted by molar-refractivity contribution is 5.95. The van der Waals surface area contributed by atoms with Crippen molar-refractivity contribution in [1.82, 2.24) is 10.9 Å². The number of carbonyl (C=O) groups excluding carboxylic acids is 2. The van der Waals surface area contributed by atoms with E-state index in [4.69, 9.17) is 9.47 Å². The number of rotatable bonds is 7. The van der Waals surface area contributed by atoms with Crippen LogP contribution in [-0.4, -0.2) is 31.0 Å². The van der Waals surface area contributed by atoms with Crippen molar-refractivity contribution in [2.45, 2.75) is 12.8 Å². The van der Waals surface area contributed by atoms with E-state index in [1.165, 1.54) is 31.4 Å². The van der Waals surface area contributed by atoms with E-state index in [9.17, 15) is 19.7 Å². The van der Waals surface area contributed by atoms with Crippen LogP contribution in [0.1, 0.15) is 22.3 Å². The van der Waals surface area contributed by atoms with Crippen LogP contribution in [0.15, 0.2) is 42.5 Å². The molecule has 0 bridgehead atoms. The summed E-state index contributed by atoms with van der Waals surface area (Å²) >= 11 is 0. The molecular formula is C18H19N3O6. The van der Waals surface area contributed by atoms with Crippen LogP contribution in [0.5, 0.6) is 11.5 Å². The highest BCUT2D eigenvalue weighted by atomic mass is 16.6. The van der Waals surface area contributed by atoms with Gasteiger partial charge in [-0.15, -0.1) is 0 Å². The lowest BCUT2D eigenvalue weighted by Crippen LogP contribution is -2.41. The van der Waals surface area contributed by atoms with Crippen LogP contribution in [0.3, 0.4) is 0 Å². The molecule has 0 unspecified atom stereocenters. The molecule has 9 nitrogen and oxygen atoms in total. The summed E-state index contributed by atoms with van der Waals surface area (Å²) in [6.45, 7) is 0. The van der Waals surface area contributed by atoms with E-state index in [2.05, 4.69) is 10.9 Å². The smallest absolute Gasteiger partial charge is 0.269 e. The maximum Gasteiger partial charge on any atom is 0.269 e. The number of nitrogens with zero attached hydrogens (tertiary/aromatic N) is 1. The summed E-state index contributed by atoms with van der Waals surface area (Å²) < 4.78 is 10.4. The second-order valence-electron chi connectivity index (χ2n) is 5.50. The summed E-state index contributed by atoms with van der Waals surface area (Å²) in [6, 6.07) is 10.4. The number of amides is 2. The summed E-state index contributed by atoms with van der Waals surface area (Å²) in [5.41, 5.74) is 5.54. The third kappa shape index (κ3) is 5.43. The molecule has 27 heavy (non-hydrogen) atoms. The van der Waals surface area contributed by atoms with Gasteiger partial charge in [0.25, 0.3) is 11.6 Å². The molecule has 0 heterocycles. The molecule has 142 valence electrons. The van der Waals surface area contributed by atoms with Gasteiger partial charge >= 0.3 is 0 Å². The minimum Gasteiger partial charge on any atom is -0.493 e. The zero-order valence-electron chi connectivity index (χ0n) is 14.9. The van der Waals surface area contributed by atoms with Gasteiger partial charge in [-0.1, -0.05) is 6.07 Å². The van der Waals surface area contributed by atoms with Crippen LogP contribution in [0.2, 0.25) is 0 Å². The normalized spacial score (nSPS) is 10.0. The van der Waals surface area contributed by atoms with Gasteiger partial charge in [0.2, 0.25) is 5.91 Å². The number of hydrogen-bond acceptors (Lipinski definition) is 6. The molecule has 0 radical (unpaired) electrons. The van der Waals surface area contributed by atoms with Crippen molar-refractivity contribution in [3.63, 3.8) is 0 Å². The lowest BCUT2D eigenvalue weighted by atomic mass is 10.1. The Balaban J connectivity index is 1.83. The topological polar surface area (TPSA) is 120 Å². The lowest BCUT2D eigenvalue weighted by molar-refractivity contribution is -0.384. The number of nitro groups is 1. The Kier molecular flexibility index (Phi) is 6.70. The minimum absolute atomic E-state index is 0.120. The number of ether oxygens (including phenoxy) is 2. The Morgan fingerprint density at radius 1 is 1.00 bits per heavy atom. The lowest BCUT2D eigenvalue weighted by Gasteiger charge is -2.10. The Bertz CT molecular complexity index is 835. The third-order valence-electron chi connectivity index (χ3n) is 3.74. The van der Waals surface area contributed by atoms with Gasteiger partial charge in [0, 0.05) is 24.1 Å². The summed E-state index contributed by atoms with van der Waals surface area (Å²) in [5, 5.41) is 10.6. The number of hydrazine groups is 1. The predicted octanol–water partition coefficient (Wildman–Crippen LogP) is 2.01. The van der Waals surface area contributed by atoms with E-state index in [1.807, 2.05) is 6.07 Å². The first-order valence-corrected chi connectivity index (χ1v) is 7.99. The van der Waals surface area contributed by atoms with Crippen LogP contribution >= 0.6 is 0 Å². The number of nitrogens with one attached hydrogen (secondary N) is 2. The van der Waals surface area contributed by atoms with Crippen LogP contribution in [0.25, 0.3) is 0 Å². The van der Waals surface area contributed by atoms with Crippen molar-refractivity contribution in [3.8, 4) is 11.5 Å². The summed E-state index contributed by atoms with van der Waals surface area (Å²) in [6.07, 6.45) is 0.593. The standard InChI is InChI=1S/C18H19N3O6/c1-26-15-9-3-12(11-16(15)27-2)4-10-17(22)19-20-18(23)13-5-7-14(8-6-13)21(24)25/h3,5-9,11H,4,10H2,1-2H3,(H,19,22)(H,20,23). The van der Waals surface area contributed by atoms with Crippen molar-refractivity contribution in [2.75, 3.05) is 14.2 Å². The molecular weight excluding hydrogens is 354 g/mol. The number of nitro benzene ring substituents is 1. The van der Waals surface area contributed by atoms with Crippen LogP contribution < -0.4 is 20.3 Å². The molecule has 0 aliphatic rings. The molecule has 9 heteroatoms. The molecule has 0 atom stereocenters. The zero-order chi connectivity index (χ0) is 19.8. The second-order valence-corrected chi connectivity index (χ2v) is 5.50. The van der Waals surface area contributed by atoms with Gasteiger partial charge in [-0.05, 0) is 36.2 Å².